The Kier molecular flexibility index (Phi) is 7.04. The first-order valence-corrected chi connectivity index (χ1v) is 11.2. The predicted molar refractivity (Wildman–Crippen MR) is 128 cm³/mol. The molecule has 0 N–H and O–H groups in total. The molecule has 4 rings (SSSR count). The minimum Gasteiger partial charge on any atom is -0.383 e. The van der Waals surface area contributed by atoms with Crippen molar-refractivity contribution in [2.24, 2.45) is 0 Å². The summed E-state index contributed by atoms with van der Waals surface area (Å²) in [5.74, 6) is -0.297. The Morgan fingerprint density at radius 3 is 2.49 bits per heavy atom. The molecule has 0 aliphatic carbocycles. The average Bonchev–Trinajstić information content (AvgIpc) is 2.87. The standard InChI is InChI=1S/C24H25FN6O4/c1-16(17-3-5-18(25)6-4-17)28-9-11-29(12-10-28)22-21-20(8-7-19(15-26)27-21)30(13-14-35-2)24(32)23(22)31(33)34/h3-8,16H,9-14H2,1-2H3/t16-/m0/s1. The molecule has 10 nitrogen and oxygen atoms in total. The Morgan fingerprint density at radius 1 is 1.20 bits per heavy atom. The van der Waals surface area contributed by atoms with E-state index in [0.29, 0.717) is 31.7 Å². The van der Waals surface area contributed by atoms with Gasteiger partial charge < -0.3 is 9.64 Å². The third-order valence-electron chi connectivity index (χ3n) is 6.41. The van der Waals surface area contributed by atoms with Crippen LogP contribution in [0.3, 0.4) is 0 Å². The summed E-state index contributed by atoms with van der Waals surface area (Å²) < 4.78 is 19.7. The van der Waals surface area contributed by atoms with Crippen molar-refractivity contribution in [1.29, 1.82) is 5.26 Å². The van der Waals surface area contributed by atoms with Crippen LogP contribution in [-0.4, -0.2) is 59.3 Å². The van der Waals surface area contributed by atoms with Crippen molar-refractivity contribution in [3.63, 3.8) is 0 Å². The number of nitro groups is 1. The third-order valence-corrected chi connectivity index (χ3v) is 6.41. The maximum absolute atomic E-state index is 13.3. The molecule has 1 aliphatic heterocycles. The first-order valence-electron chi connectivity index (χ1n) is 11.2. The molecule has 182 valence electrons. The summed E-state index contributed by atoms with van der Waals surface area (Å²) in [5, 5.41) is 21.5. The van der Waals surface area contributed by atoms with E-state index in [1.54, 1.807) is 23.1 Å². The summed E-state index contributed by atoms with van der Waals surface area (Å²) >= 11 is 0. The lowest BCUT2D eigenvalue weighted by Gasteiger charge is -2.39. The van der Waals surface area contributed by atoms with Crippen LogP contribution in [0.1, 0.15) is 24.2 Å². The van der Waals surface area contributed by atoms with E-state index < -0.39 is 16.2 Å². The average molecular weight is 481 g/mol. The smallest absolute Gasteiger partial charge is 0.359 e. The van der Waals surface area contributed by atoms with Crippen LogP contribution < -0.4 is 10.5 Å². The van der Waals surface area contributed by atoms with Crippen molar-refractivity contribution in [3.05, 3.63) is 73.9 Å². The Labute approximate surface area is 200 Å². The number of nitrogens with zero attached hydrogens (tertiary/aromatic N) is 6. The molecule has 0 bridgehead atoms. The zero-order valence-electron chi connectivity index (χ0n) is 19.5. The first-order chi connectivity index (χ1) is 16.8. The fraction of sp³-hybridized carbons (Fsp3) is 0.375. The van der Waals surface area contributed by atoms with Gasteiger partial charge >= 0.3 is 11.2 Å². The molecule has 1 aromatic carbocycles. The van der Waals surface area contributed by atoms with E-state index in [0.717, 1.165) is 5.56 Å². The van der Waals surface area contributed by atoms with Crippen molar-refractivity contribution >= 4 is 22.4 Å². The lowest BCUT2D eigenvalue weighted by atomic mass is 10.1. The van der Waals surface area contributed by atoms with Gasteiger partial charge in [-0.2, -0.15) is 5.26 Å². The Balaban J connectivity index is 1.74. The number of methoxy groups -OCH3 is 1. The van der Waals surface area contributed by atoms with Gasteiger partial charge in [0.2, 0.25) is 0 Å². The number of benzene rings is 1. The van der Waals surface area contributed by atoms with Crippen molar-refractivity contribution < 1.29 is 14.1 Å². The molecule has 0 unspecified atom stereocenters. The molecule has 1 saturated heterocycles. The molecule has 0 saturated carbocycles. The lowest BCUT2D eigenvalue weighted by Crippen LogP contribution is -2.48. The van der Waals surface area contributed by atoms with E-state index in [-0.39, 0.29) is 41.9 Å². The van der Waals surface area contributed by atoms with Crippen molar-refractivity contribution in [3.8, 4) is 6.07 Å². The number of rotatable bonds is 7. The van der Waals surface area contributed by atoms with E-state index in [1.165, 1.54) is 29.9 Å². The number of ether oxygens (including phenoxy) is 1. The van der Waals surface area contributed by atoms with Gasteiger partial charge in [-0.25, -0.2) is 9.37 Å². The lowest BCUT2D eigenvalue weighted by molar-refractivity contribution is -0.385. The second-order valence-electron chi connectivity index (χ2n) is 8.33. The van der Waals surface area contributed by atoms with Crippen LogP contribution in [0.25, 0.3) is 11.0 Å². The minimum absolute atomic E-state index is 0.0230. The number of hydrogen-bond donors (Lipinski definition) is 0. The minimum atomic E-state index is -0.733. The number of hydrogen-bond acceptors (Lipinski definition) is 8. The van der Waals surface area contributed by atoms with Gasteiger partial charge in [0.05, 0.1) is 17.0 Å². The highest BCUT2D eigenvalue weighted by molar-refractivity contribution is 5.94. The number of pyridine rings is 2. The molecular formula is C24H25FN6O4. The zero-order chi connectivity index (χ0) is 25.1. The van der Waals surface area contributed by atoms with E-state index in [2.05, 4.69) is 9.88 Å². The summed E-state index contributed by atoms with van der Waals surface area (Å²) in [7, 11) is 1.48. The SMILES string of the molecule is COCCn1c(=O)c([N+](=O)[O-])c(N2CCN([C@@H](C)c3ccc(F)cc3)CC2)c2nc(C#N)ccc21. The van der Waals surface area contributed by atoms with Crippen LogP contribution in [0.15, 0.2) is 41.2 Å². The van der Waals surface area contributed by atoms with Crippen LogP contribution in [0, 0.1) is 27.3 Å². The largest absolute Gasteiger partial charge is 0.383 e. The van der Waals surface area contributed by atoms with Gasteiger partial charge in [-0.05, 0) is 36.8 Å². The number of fused-ring (bicyclic) bond motifs is 1. The highest BCUT2D eigenvalue weighted by Crippen LogP contribution is 2.34. The normalized spacial score (nSPS) is 15.2. The number of halogens is 1. The van der Waals surface area contributed by atoms with Crippen LogP contribution in [-0.2, 0) is 11.3 Å². The summed E-state index contributed by atoms with van der Waals surface area (Å²) in [6.45, 7) is 4.31. The van der Waals surface area contributed by atoms with E-state index in [4.69, 9.17) is 4.74 Å². The molecule has 2 aromatic heterocycles. The molecule has 0 amide bonds. The highest BCUT2D eigenvalue weighted by Gasteiger charge is 2.33. The van der Waals surface area contributed by atoms with Gasteiger partial charge in [0, 0.05) is 45.9 Å². The van der Waals surface area contributed by atoms with Crippen LogP contribution in [0.4, 0.5) is 15.8 Å². The molecule has 0 spiro atoms. The molecule has 11 heteroatoms. The van der Waals surface area contributed by atoms with E-state index >= 15 is 0 Å². The second-order valence-corrected chi connectivity index (χ2v) is 8.33. The summed E-state index contributed by atoms with van der Waals surface area (Å²) in [6.07, 6.45) is 0. The molecule has 1 aliphatic rings. The fourth-order valence-electron chi connectivity index (χ4n) is 4.51. The van der Waals surface area contributed by atoms with Crippen LogP contribution in [0.2, 0.25) is 0 Å². The van der Waals surface area contributed by atoms with Gasteiger partial charge in [-0.15, -0.1) is 0 Å². The number of aromatic nitrogens is 2. The van der Waals surface area contributed by atoms with Gasteiger partial charge in [-0.3, -0.25) is 24.4 Å². The van der Waals surface area contributed by atoms with E-state index in [1.807, 2.05) is 13.0 Å². The summed E-state index contributed by atoms with van der Waals surface area (Å²) in [5.41, 5.74) is 0.570. The maximum Gasteiger partial charge on any atom is 0.359 e. The number of piperazine rings is 1. The van der Waals surface area contributed by atoms with Gasteiger partial charge in [0.1, 0.15) is 23.1 Å². The molecule has 1 fully saturated rings. The number of nitriles is 1. The first kappa shape index (κ1) is 24.3. The predicted octanol–water partition coefficient (Wildman–Crippen LogP) is 2.85. The molecule has 1 atom stereocenters. The summed E-state index contributed by atoms with van der Waals surface area (Å²) in [6, 6.07) is 11.4. The Hall–Kier alpha value is -3.88. The van der Waals surface area contributed by atoms with Crippen LogP contribution >= 0.6 is 0 Å². The monoisotopic (exact) mass is 480 g/mol. The molecule has 35 heavy (non-hydrogen) atoms. The van der Waals surface area contributed by atoms with Gasteiger partial charge in [0.25, 0.3) is 0 Å². The molecular weight excluding hydrogens is 455 g/mol. The molecule has 3 heterocycles. The van der Waals surface area contributed by atoms with Gasteiger partial charge in [0.15, 0.2) is 5.69 Å². The van der Waals surface area contributed by atoms with E-state index in [9.17, 15) is 24.6 Å². The third kappa shape index (κ3) is 4.71. The van der Waals surface area contributed by atoms with Crippen LogP contribution in [0.5, 0.6) is 0 Å². The fourth-order valence-corrected chi connectivity index (χ4v) is 4.51. The van der Waals surface area contributed by atoms with Crippen molar-refractivity contribution in [2.75, 3.05) is 44.8 Å². The quantitative estimate of drug-likeness (QED) is 0.374. The highest BCUT2D eigenvalue weighted by atomic mass is 19.1. The Bertz CT molecular complexity index is 1340. The zero-order valence-corrected chi connectivity index (χ0v) is 19.5. The van der Waals surface area contributed by atoms with Crippen molar-refractivity contribution in [2.45, 2.75) is 19.5 Å². The second kappa shape index (κ2) is 10.2. The summed E-state index contributed by atoms with van der Waals surface area (Å²) in [4.78, 5) is 33.0. The maximum atomic E-state index is 13.3. The Morgan fingerprint density at radius 2 is 1.89 bits per heavy atom. The number of anilines is 1. The van der Waals surface area contributed by atoms with Crippen molar-refractivity contribution in [1.82, 2.24) is 14.5 Å². The molecule has 3 aromatic rings. The van der Waals surface area contributed by atoms with Gasteiger partial charge in [-0.1, -0.05) is 12.1 Å². The molecule has 0 radical (unpaired) electrons. The topological polar surface area (TPSA) is 118 Å².